The van der Waals surface area contributed by atoms with Gasteiger partial charge < -0.3 is 15.8 Å². The number of fused-ring (bicyclic) bond motifs is 1. The average Bonchev–Trinajstić information content (AvgIpc) is 3.34. The van der Waals surface area contributed by atoms with Crippen molar-refractivity contribution in [1.29, 1.82) is 0 Å². The molecule has 0 amide bonds. The Hall–Kier alpha value is -3.04. The SMILES string of the molecule is Nc1ncnc2ccc(-c3ccc(CNc4ncsc4COC=O)s3)cc12. The number of nitrogens with zero attached hydrogens (tertiary/aromatic N) is 3. The van der Waals surface area contributed by atoms with Gasteiger partial charge in [0.2, 0.25) is 0 Å². The largest absolute Gasteiger partial charge is 0.462 e. The van der Waals surface area contributed by atoms with Crippen LogP contribution in [0.15, 0.2) is 42.2 Å². The first-order valence-corrected chi connectivity index (χ1v) is 9.75. The van der Waals surface area contributed by atoms with Gasteiger partial charge in [-0.25, -0.2) is 15.0 Å². The highest BCUT2D eigenvalue weighted by Gasteiger charge is 2.09. The van der Waals surface area contributed by atoms with Crippen LogP contribution in [0, 0.1) is 0 Å². The van der Waals surface area contributed by atoms with Crippen molar-refractivity contribution in [3.8, 4) is 10.4 Å². The molecule has 4 rings (SSSR count). The molecule has 0 saturated carbocycles. The maximum absolute atomic E-state index is 10.4. The van der Waals surface area contributed by atoms with E-state index in [1.54, 1.807) is 16.8 Å². The summed E-state index contributed by atoms with van der Waals surface area (Å²) in [6.45, 7) is 1.31. The van der Waals surface area contributed by atoms with Crippen LogP contribution in [0.2, 0.25) is 0 Å². The maximum Gasteiger partial charge on any atom is 0.293 e. The molecule has 0 radical (unpaired) electrons. The second-order valence-corrected chi connectivity index (χ2v) is 7.75. The Kier molecular flexibility index (Phi) is 4.95. The average molecular weight is 397 g/mol. The molecule has 0 spiro atoms. The number of thiazole rings is 1. The molecule has 0 bridgehead atoms. The lowest BCUT2D eigenvalue weighted by Crippen LogP contribution is -2.01. The van der Waals surface area contributed by atoms with Gasteiger partial charge in [0, 0.05) is 15.1 Å². The van der Waals surface area contributed by atoms with E-state index in [-0.39, 0.29) is 6.61 Å². The molecule has 0 aliphatic rings. The molecule has 0 aliphatic carbocycles. The number of carbonyl (C=O) groups is 1. The van der Waals surface area contributed by atoms with Gasteiger partial charge >= 0.3 is 0 Å². The van der Waals surface area contributed by atoms with Gasteiger partial charge in [-0.05, 0) is 29.8 Å². The molecule has 0 unspecified atom stereocenters. The van der Waals surface area contributed by atoms with E-state index in [4.69, 9.17) is 10.5 Å². The number of anilines is 2. The molecule has 0 aliphatic heterocycles. The van der Waals surface area contributed by atoms with Crippen LogP contribution in [0.25, 0.3) is 21.3 Å². The maximum atomic E-state index is 10.4. The third kappa shape index (κ3) is 3.74. The molecular weight excluding hydrogens is 382 g/mol. The van der Waals surface area contributed by atoms with Gasteiger partial charge in [0.05, 0.1) is 22.4 Å². The van der Waals surface area contributed by atoms with Gasteiger partial charge in [-0.2, -0.15) is 0 Å². The topological polar surface area (TPSA) is 103 Å². The molecule has 3 heterocycles. The van der Waals surface area contributed by atoms with Gasteiger partial charge in [0.15, 0.2) is 0 Å². The van der Waals surface area contributed by atoms with Crippen molar-refractivity contribution < 1.29 is 9.53 Å². The second-order valence-electron chi connectivity index (χ2n) is 5.64. The van der Waals surface area contributed by atoms with Crippen LogP contribution in [0.3, 0.4) is 0 Å². The summed E-state index contributed by atoms with van der Waals surface area (Å²) in [4.78, 5) is 26.1. The summed E-state index contributed by atoms with van der Waals surface area (Å²) in [7, 11) is 0. The van der Waals surface area contributed by atoms with Crippen LogP contribution < -0.4 is 11.1 Å². The van der Waals surface area contributed by atoms with Gasteiger partial charge in [0.25, 0.3) is 6.47 Å². The van der Waals surface area contributed by atoms with Crippen molar-refractivity contribution in [3.05, 3.63) is 51.9 Å². The molecule has 9 heteroatoms. The molecule has 0 atom stereocenters. The third-order valence-corrected chi connectivity index (χ3v) is 5.91. The molecule has 27 heavy (non-hydrogen) atoms. The Balaban J connectivity index is 1.50. The molecule has 3 N–H and O–H groups in total. The van der Waals surface area contributed by atoms with Crippen molar-refractivity contribution in [3.63, 3.8) is 0 Å². The number of hydrogen-bond acceptors (Lipinski definition) is 9. The minimum atomic E-state index is 0.229. The zero-order valence-corrected chi connectivity index (χ0v) is 15.7. The monoisotopic (exact) mass is 397 g/mol. The lowest BCUT2D eigenvalue weighted by molar-refractivity contribution is -0.129. The highest BCUT2D eigenvalue weighted by molar-refractivity contribution is 7.15. The molecule has 136 valence electrons. The number of thiophene rings is 1. The van der Waals surface area contributed by atoms with E-state index in [9.17, 15) is 4.79 Å². The summed E-state index contributed by atoms with van der Waals surface area (Å²) < 4.78 is 4.81. The van der Waals surface area contributed by atoms with E-state index in [0.29, 0.717) is 18.8 Å². The van der Waals surface area contributed by atoms with Crippen LogP contribution in [-0.2, 0) is 22.7 Å². The Morgan fingerprint density at radius 2 is 2.11 bits per heavy atom. The number of nitrogens with two attached hydrogens (primary N) is 1. The Bertz CT molecular complexity index is 1090. The standard InChI is InChI=1S/C18H15N5O2S2/c19-17-13-5-11(1-3-14(13)21-8-22-17)15-4-2-12(27-15)6-20-18-16(7-25-10-24)26-9-23-18/h1-5,8-10,20H,6-7H2,(H2,19,21,22). The van der Waals surface area contributed by atoms with Crippen molar-refractivity contribution >= 4 is 51.7 Å². The summed E-state index contributed by atoms with van der Waals surface area (Å²) in [6.07, 6.45) is 1.47. The normalized spacial score (nSPS) is 10.8. The van der Waals surface area contributed by atoms with E-state index in [0.717, 1.165) is 36.9 Å². The van der Waals surface area contributed by atoms with E-state index in [1.165, 1.54) is 17.7 Å². The Labute approximate surface area is 162 Å². The lowest BCUT2D eigenvalue weighted by atomic mass is 10.1. The van der Waals surface area contributed by atoms with Gasteiger partial charge in [-0.3, -0.25) is 4.79 Å². The van der Waals surface area contributed by atoms with Crippen LogP contribution in [-0.4, -0.2) is 21.4 Å². The number of ether oxygens (including phenoxy) is 1. The zero-order valence-electron chi connectivity index (χ0n) is 14.1. The fourth-order valence-corrected chi connectivity index (χ4v) is 4.26. The number of hydrogen-bond donors (Lipinski definition) is 2. The van der Waals surface area contributed by atoms with Crippen LogP contribution in [0.1, 0.15) is 9.75 Å². The molecular formula is C18H15N5O2S2. The van der Waals surface area contributed by atoms with Crippen molar-refractivity contribution in [2.24, 2.45) is 0 Å². The van der Waals surface area contributed by atoms with Crippen LogP contribution in [0.4, 0.5) is 11.6 Å². The summed E-state index contributed by atoms with van der Waals surface area (Å²) in [5.41, 5.74) is 9.60. The summed E-state index contributed by atoms with van der Waals surface area (Å²) >= 11 is 3.14. The fraction of sp³-hybridized carbons (Fsp3) is 0.111. The highest BCUT2D eigenvalue weighted by Crippen LogP contribution is 2.31. The second kappa shape index (κ2) is 7.68. The molecule has 3 aromatic heterocycles. The van der Waals surface area contributed by atoms with E-state index in [1.807, 2.05) is 18.2 Å². The summed E-state index contributed by atoms with van der Waals surface area (Å²) in [6, 6.07) is 10.2. The van der Waals surface area contributed by atoms with Crippen molar-refractivity contribution in [2.45, 2.75) is 13.2 Å². The number of carbonyl (C=O) groups excluding carboxylic acids is 1. The molecule has 0 fully saturated rings. The van der Waals surface area contributed by atoms with E-state index in [2.05, 4.69) is 32.4 Å². The first-order valence-electron chi connectivity index (χ1n) is 8.05. The molecule has 4 aromatic rings. The van der Waals surface area contributed by atoms with Crippen LogP contribution >= 0.6 is 22.7 Å². The minimum absolute atomic E-state index is 0.229. The van der Waals surface area contributed by atoms with Gasteiger partial charge in [-0.15, -0.1) is 22.7 Å². The summed E-state index contributed by atoms with van der Waals surface area (Å²) in [5.74, 6) is 1.22. The van der Waals surface area contributed by atoms with Crippen LogP contribution in [0.5, 0.6) is 0 Å². The summed E-state index contributed by atoms with van der Waals surface area (Å²) in [5, 5.41) is 4.15. The number of nitrogen functional groups attached to an aromatic ring is 1. The van der Waals surface area contributed by atoms with Crippen molar-refractivity contribution in [1.82, 2.24) is 15.0 Å². The molecule has 7 nitrogen and oxygen atoms in total. The smallest absolute Gasteiger partial charge is 0.293 e. The van der Waals surface area contributed by atoms with E-state index >= 15 is 0 Å². The lowest BCUT2D eigenvalue weighted by Gasteiger charge is -2.04. The number of nitrogens with one attached hydrogen (secondary N) is 1. The predicted molar refractivity (Wildman–Crippen MR) is 108 cm³/mol. The third-order valence-electron chi connectivity index (χ3n) is 3.97. The minimum Gasteiger partial charge on any atom is -0.462 e. The molecule has 0 saturated heterocycles. The van der Waals surface area contributed by atoms with Gasteiger partial charge in [0.1, 0.15) is 24.6 Å². The first kappa shape index (κ1) is 17.4. The Morgan fingerprint density at radius 1 is 1.19 bits per heavy atom. The predicted octanol–water partition coefficient (Wildman–Crippen LogP) is 3.68. The number of benzene rings is 1. The number of rotatable bonds is 7. The zero-order chi connectivity index (χ0) is 18.6. The van der Waals surface area contributed by atoms with Crippen molar-refractivity contribution in [2.75, 3.05) is 11.1 Å². The number of aromatic nitrogens is 3. The Morgan fingerprint density at radius 3 is 3.00 bits per heavy atom. The fourth-order valence-electron chi connectivity index (χ4n) is 2.66. The molecule has 1 aromatic carbocycles. The highest BCUT2D eigenvalue weighted by atomic mass is 32.1. The van der Waals surface area contributed by atoms with Gasteiger partial charge in [-0.1, -0.05) is 6.07 Å². The first-order chi connectivity index (χ1) is 13.2. The van der Waals surface area contributed by atoms with E-state index < -0.39 is 0 Å². The quantitative estimate of drug-likeness (QED) is 0.459.